The zero-order chi connectivity index (χ0) is 16.4. The van der Waals surface area contributed by atoms with Crippen LogP contribution >= 0.6 is 0 Å². The van der Waals surface area contributed by atoms with Gasteiger partial charge in [0, 0.05) is 17.7 Å². The van der Waals surface area contributed by atoms with E-state index < -0.39 is 10.9 Å². The fourth-order valence-electron chi connectivity index (χ4n) is 2.14. The molecular formula is C14H10N4O4. The van der Waals surface area contributed by atoms with Gasteiger partial charge in [-0.1, -0.05) is 0 Å². The summed E-state index contributed by atoms with van der Waals surface area (Å²) in [5.41, 5.74) is 5.93. The average molecular weight is 298 g/mol. The number of nitrogens with two attached hydrogens (primary N) is 1. The molecule has 1 aromatic heterocycles. The minimum absolute atomic E-state index is 0.0724. The van der Waals surface area contributed by atoms with Gasteiger partial charge in [0.05, 0.1) is 16.2 Å². The summed E-state index contributed by atoms with van der Waals surface area (Å²) in [6, 6.07) is 7.05. The summed E-state index contributed by atoms with van der Waals surface area (Å²) in [6.45, 7) is 1.47. The Morgan fingerprint density at radius 1 is 1.41 bits per heavy atom. The molecule has 0 aliphatic rings. The number of nitrogen functional groups attached to an aromatic ring is 1. The van der Waals surface area contributed by atoms with Gasteiger partial charge in [0.25, 0.3) is 5.69 Å². The van der Waals surface area contributed by atoms with E-state index in [-0.39, 0.29) is 33.9 Å². The third-order valence-electron chi connectivity index (χ3n) is 3.10. The molecule has 0 atom stereocenters. The van der Waals surface area contributed by atoms with Crippen molar-refractivity contribution < 1.29 is 14.8 Å². The Balaban J connectivity index is 2.80. The molecule has 1 heterocycles. The number of aromatic carboxylic acids is 1. The van der Waals surface area contributed by atoms with Crippen molar-refractivity contribution in [2.45, 2.75) is 6.92 Å². The van der Waals surface area contributed by atoms with Crippen molar-refractivity contribution in [3.05, 3.63) is 51.2 Å². The molecule has 8 nitrogen and oxygen atoms in total. The molecule has 0 fully saturated rings. The van der Waals surface area contributed by atoms with E-state index in [2.05, 4.69) is 4.98 Å². The summed E-state index contributed by atoms with van der Waals surface area (Å²) in [5, 5.41) is 29.3. The van der Waals surface area contributed by atoms with Crippen LogP contribution in [0.4, 0.5) is 11.5 Å². The number of aryl methyl sites for hydroxylation is 1. The van der Waals surface area contributed by atoms with Crippen LogP contribution in [0.3, 0.4) is 0 Å². The topological polar surface area (TPSA) is 143 Å². The van der Waals surface area contributed by atoms with Gasteiger partial charge in [0.15, 0.2) is 0 Å². The molecular weight excluding hydrogens is 288 g/mol. The first-order valence-electron chi connectivity index (χ1n) is 6.05. The number of carboxylic acids is 1. The lowest BCUT2D eigenvalue weighted by Crippen LogP contribution is -2.10. The van der Waals surface area contributed by atoms with Crippen LogP contribution in [0.15, 0.2) is 24.3 Å². The number of nitro benzene ring substituents is 1. The lowest BCUT2D eigenvalue weighted by molar-refractivity contribution is -0.384. The maximum absolute atomic E-state index is 11.5. The van der Waals surface area contributed by atoms with E-state index in [0.717, 1.165) is 0 Å². The Hall–Kier alpha value is -3.47. The summed E-state index contributed by atoms with van der Waals surface area (Å²) >= 11 is 0. The number of nitriles is 1. The van der Waals surface area contributed by atoms with E-state index in [1.807, 2.05) is 6.07 Å². The SMILES string of the molecule is Cc1nc(N)c(C#N)c(-c2ccc([N+](=O)[O-])cc2)c1C(=O)O. The summed E-state index contributed by atoms with van der Waals surface area (Å²) in [5.74, 6) is -1.34. The first-order valence-corrected chi connectivity index (χ1v) is 6.05. The number of nitro groups is 1. The molecule has 0 unspecified atom stereocenters. The van der Waals surface area contributed by atoms with E-state index in [4.69, 9.17) is 5.73 Å². The monoisotopic (exact) mass is 298 g/mol. The Kier molecular flexibility index (Phi) is 3.73. The molecule has 0 aliphatic carbocycles. The Morgan fingerprint density at radius 2 is 2.00 bits per heavy atom. The number of non-ortho nitro benzene ring substituents is 1. The van der Waals surface area contributed by atoms with E-state index in [1.54, 1.807) is 0 Å². The van der Waals surface area contributed by atoms with Gasteiger partial charge in [-0.05, 0) is 24.6 Å². The van der Waals surface area contributed by atoms with Crippen molar-refractivity contribution in [3.8, 4) is 17.2 Å². The molecule has 0 aliphatic heterocycles. The highest BCUT2D eigenvalue weighted by Gasteiger charge is 2.23. The number of carboxylic acid groups (broad SMARTS) is 1. The maximum atomic E-state index is 11.5. The lowest BCUT2D eigenvalue weighted by atomic mass is 9.94. The number of hydrogen-bond donors (Lipinski definition) is 2. The van der Waals surface area contributed by atoms with Crippen molar-refractivity contribution in [2.75, 3.05) is 5.73 Å². The van der Waals surface area contributed by atoms with Gasteiger partial charge in [-0.3, -0.25) is 10.1 Å². The van der Waals surface area contributed by atoms with Gasteiger partial charge in [0.2, 0.25) is 0 Å². The van der Waals surface area contributed by atoms with E-state index >= 15 is 0 Å². The minimum atomic E-state index is -1.25. The van der Waals surface area contributed by atoms with E-state index in [1.165, 1.54) is 31.2 Å². The summed E-state index contributed by atoms with van der Waals surface area (Å²) < 4.78 is 0. The molecule has 0 saturated carbocycles. The quantitative estimate of drug-likeness (QED) is 0.652. The second-order valence-electron chi connectivity index (χ2n) is 4.43. The number of benzene rings is 1. The molecule has 0 radical (unpaired) electrons. The van der Waals surface area contributed by atoms with Crippen LogP contribution in [0.5, 0.6) is 0 Å². The standard InChI is InChI=1S/C14H10N4O4/c1-7-11(14(19)20)12(10(6-15)13(16)17-7)8-2-4-9(5-3-8)18(21)22/h2-5H,1H3,(H2,16,17)(H,19,20). The molecule has 2 aromatic rings. The van der Waals surface area contributed by atoms with Crippen molar-refractivity contribution >= 4 is 17.5 Å². The molecule has 3 N–H and O–H groups in total. The van der Waals surface area contributed by atoms with Crippen LogP contribution in [0.25, 0.3) is 11.1 Å². The molecule has 22 heavy (non-hydrogen) atoms. The highest BCUT2D eigenvalue weighted by Crippen LogP contribution is 2.32. The molecule has 0 saturated heterocycles. The average Bonchev–Trinajstić information content (AvgIpc) is 2.46. The van der Waals surface area contributed by atoms with Crippen LogP contribution in [-0.2, 0) is 0 Å². The van der Waals surface area contributed by atoms with Crippen LogP contribution in [0, 0.1) is 28.4 Å². The predicted octanol–water partition coefficient (Wildman–Crippen LogP) is 2.12. The number of anilines is 1. The maximum Gasteiger partial charge on any atom is 0.338 e. The fraction of sp³-hybridized carbons (Fsp3) is 0.0714. The van der Waals surface area contributed by atoms with Gasteiger partial charge in [-0.2, -0.15) is 5.26 Å². The number of carbonyl (C=O) groups is 1. The number of aromatic nitrogens is 1. The molecule has 2 rings (SSSR count). The Morgan fingerprint density at radius 3 is 2.45 bits per heavy atom. The van der Waals surface area contributed by atoms with E-state index in [0.29, 0.717) is 5.56 Å². The predicted molar refractivity (Wildman–Crippen MR) is 77.2 cm³/mol. The highest BCUT2D eigenvalue weighted by atomic mass is 16.6. The molecule has 110 valence electrons. The summed E-state index contributed by atoms with van der Waals surface area (Å²) in [6.07, 6.45) is 0. The molecule has 0 spiro atoms. The zero-order valence-electron chi connectivity index (χ0n) is 11.4. The Labute approximate surface area is 124 Å². The van der Waals surface area contributed by atoms with Crippen molar-refractivity contribution in [2.24, 2.45) is 0 Å². The Bertz CT molecular complexity index is 822. The van der Waals surface area contributed by atoms with Gasteiger partial charge in [-0.15, -0.1) is 0 Å². The fourth-order valence-corrected chi connectivity index (χ4v) is 2.14. The number of pyridine rings is 1. The normalized spacial score (nSPS) is 10.0. The van der Waals surface area contributed by atoms with Gasteiger partial charge in [0.1, 0.15) is 17.5 Å². The summed E-state index contributed by atoms with van der Waals surface area (Å²) in [4.78, 5) is 25.4. The largest absolute Gasteiger partial charge is 0.478 e. The lowest BCUT2D eigenvalue weighted by Gasteiger charge is -2.12. The third-order valence-corrected chi connectivity index (χ3v) is 3.10. The summed E-state index contributed by atoms with van der Waals surface area (Å²) in [7, 11) is 0. The van der Waals surface area contributed by atoms with Gasteiger partial charge >= 0.3 is 5.97 Å². The minimum Gasteiger partial charge on any atom is -0.478 e. The third kappa shape index (κ3) is 2.43. The van der Waals surface area contributed by atoms with Crippen molar-refractivity contribution in [3.63, 3.8) is 0 Å². The van der Waals surface area contributed by atoms with Crippen LogP contribution in [0.1, 0.15) is 21.6 Å². The van der Waals surface area contributed by atoms with Crippen LogP contribution in [-0.4, -0.2) is 21.0 Å². The van der Waals surface area contributed by atoms with Crippen molar-refractivity contribution in [1.29, 1.82) is 5.26 Å². The second-order valence-corrected chi connectivity index (χ2v) is 4.43. The smallest absolute Gasteiger partial charge is 0.338 e. The van der Waals surface area contributed by atoms with Crippen LogP contribution in [0.2, 0.25) is 0 Å². The number of nitrogens with zero attached hydrogens (tertiary/aromatic N) is 3. The first kappa shape index (κ1) is 14.9. The molecule has 8 heteroatoms. The highest BCUT2D eigenvalue weighted by molar-refractivity contribution is 6.00. The van der Waals surface area contributed by atoms with Gasteiger partial charge < -0.3 is 10.8 Å². The van der Waals surface area contributed by atoms with Crippen LogP contribution < -0.4 is 5.73 Å². The van der Waals surface area contributed by atoms with E-state index in [9.17, 15) is 25.3 Å². The first-order chi connectivity index (χ1) is 10.4. The van der Waals surface area contributed by atoms with Gasteiger partial charge in [-0.25, -0.2) is 9.78 Å². The zero-order valence-corrected chi connectivity index (χ0v) is 11.4. The molecule has 0 amide bonds. The molecule has 1 aromatic carbocycles. The second kappa shape index (κ2) is 5.49. The van der Waals surface area contributed by atoms with Crippen molar-refractivity contribution in [1.82, 2.24) is 4.98 Å². The number of rotatable bonds is 3. The number of hydrogen-bond acceptors (Lipinski definition) is 6. The molecule has 0 bridgehead atoms.